The van der Waals surface area contributed by atoms with Crippen LogP contribution in [0.5, 0.6) is 5.75 Å². The van der Waals surface area contributed by atoms with Gasteiger partial charge in [-0.25, -0.2) is 4.79 Å². The monoisotopic (exact) mass is 341 g/mol. The van der Waals surface area contributed by atoms with Crippen LogP contribution in [0.4, 0.5) is 4.79 Å². The molecule has 1 amide bonds. The van der Waals surface area contributed by atoms with Crippen molar-refractivity contribution in [3.05, 3.63) is 42.0 Å². The average molecular weight is 341 g/mol. The Bertz CT molecular complexity index is 755. The number of piperidine rings is 1. The van der Waals surface area contributed by atoms with Crippen LogP contribution in [-0.2, 0) is 4.74 Å². The largest absolute Gasteiger partial charge is 0.496 e. The Kier molecular flexibility index (Phi) is 4.89. The van der Waals surface area contributed by atoms with Crippen LogP contribution in [0.25, 0.3) is 10.8 Å². The predicted octanol–water partition coefficient (Wildman–Crippen LogP) is 4.96. The minimum absolute atomic E-state index is 0.203. The standard InChI is InChI=1S/C21H27NO3/c1-21(2,3)25-20(23)22-13-11-15(12-14-22)16-9-10-19(24-4)18-8-6-5-7-17(16)18/h5-10,15H,11-14H2,1-4H3. The number of carbonyl (C=O) groups is 1. The van der Waals surface area contributed by atoms with Crippen molar-refractivity contribution in [3.8, 4) is 5.75 Å². The zero-order chi connectivity index (χ0) is 18.0. The zero-order valence-corrected chi connectivity index (χ0v) is 15.5. The molecule has 134 valence electrons. The number of nitrogens with zero attached hydrogens (tertiary/aromatic N) is 1. The Morgan fingerprint density at radius 1 is 1.04 bits per heavy atom. The van der Waals surface area contributed by atoms with Crippen molar-refractivity contribution in [2.24, 2.45) is 0 Å². The van der Waals surface area contributed by atoms with Crippen LogP contribution in [0.2, 0.25) is 0 Å². The minimum atomic E-state index is -0.444. The molecule has 0 bridgehead atoms. The molecule has 2 aromatic rings. The van der Waals surface area contributed by atoms with Crippen LogP contribution < -0.4 is 4.74 Å². The lowest BCUT2D eigenvalue weighted by Crippen LogP contribution is -2.41. The van der Waals surface area contributed by atoms with E-state index >= 15 is 0 Å². The second-order valence-corrected chi connectivity index (χ2v) is 7.64. The number of amides is 1. The van der Waals surface area contributed by atoms with Gasteiger partial charge in [0.1, 0.15) is 11.4 Å². The number of rotatable bonds is 2. The molecule has 0 aliphatic carbocycles. The molecule has 0 unspecified atom stereocenters. The van der Waals surface area contributed by atoms with Crippen LogP contribution in [0.3, 0.4) is 0 Å². The molecule has 0 saturated carbocycles. The first-order chi connectivity index (χ1) is 11.9. The summed E-state index contributed by atoms with van der Waals surface area (Å²) in [6.45, 7) is 7.18. The summed E-state index contributed by atoms with van der Waals surface area (Å²) in [7, 11) is 1.71. The lowest BCUT2D eigenvalue weighted by molar-refractivity contribution is 0.0205. The number of benzene rings is 2. The Balaban J connectivity index is 1.76. The fraction of sp³-hybridized carbons (Fsp3) is 0.476. The van der Waals surface area contributed by atoms with Gasteiger partial charge in [-0.15, -0.1) is 0 Å². The molecule has 3 rings (SSSR count). The Labute approximate surface area is 149 Å². The van der Waals surface area contributed by atoms with Gasteiger partial charge in [0.15, 0.2) is 0 Å². The molecule has 1 heterocycles. The maximum absolute atomic E-state index is 12.2. The first-order valence-corrected chi connectivity index (χ1v) is 8.92. The molecular weight excluding hydrogens is 314 g/mol. The third-order valence-electron chi connectivity index (χ3n) is 4.72. The van der Waals surface area contributed by atoms with E-state index in [2.05, 4.69) is 30.3 Å². The second kappa shape index (κ2) is 6.95. The highest BCUT2D eigenvalue weighted by molar-refractivity contribution is 5.91. The first-order valence-electron chi connectivity index (χ1n) is 8.92. The van der Waals surface area contributed by atoms with Crippen LogP contribution in [-0.4, -0.2) is 36.8 Å². The van der Waals surface area contributed by atoms with E-state index in [9.17, 15) is 4.79 Å². The predicted molar refractivity (Wildman–Crippen MR) is 100 cm³/mol. The fourth-order valence-electron chi connectivity index (χ4n) is 3.53. The van der Waals surface area contributed by atoms with Gasteiger partial charge in [0.05, 0.1) is 7.11 Å². The van der Waals surface area contributed by atoms with Crippen LogP contribution in [0.1, 0.15) is 45.1 Å². The third kappa shape index (κ3) is 3.89. The summed E-state index contributed by atoms with van der Waals surface area (Å²) >= 11 is 0. The normalized spacial score (nSPS) is 16.1. The minimum Gasteiger partial charge on any atom is -0.496 e. The van der Waals surface area contributed by atoms with Crippen molar-refractivity contribution >= 4 is 16.9 Å². The lowest BCUT2D eigenvalue weighted by Gasteiger charge is -2.34. The number of likely N-dealkylation sites (tertiary alicyclic amines) is 1. The SMILES string of the molecule is COc1ccc(C2CCN(C(=O)OC(C)(C)C)CC2)c2ccccc12. The van der Waals surface area contributed by atoms with Gasteiger partial charge in [0.25, 0.3) is 0 Å². The molecule has 1 saturated heterocycles. The van der Waals surface area contributed by atoms with Gasteiger partial charge >= 0.3 is 6.09 Å². The molecule has 0 spiro atoms. The molecule has 0 aromatic heterocycles. The molecule has 4 heteroatoms. The number of carbonyl (C=O) groups excluding carboxylic acids is 1. The average Bonchev–Trinajstić information content (AvgIpc) is 2.59. The summed E-state index contributed by atoms with van der Waals surface area (Å²) in [4.78, 5) is 14.1. The molecule has 1 fully saturated rings. The van der Waals surface area contributed by atoms with Gasteiger partial charge in [0, 0.05) is 18.5 Å². The van der Waals surface area contributed by atoms with Crippen molar-refractivity contribution in [3.63, 3.8) is 0 Å². The summed E-state index contributed by atoms with van der Waals surface area (Å²) in [6.07, 6.45) is 1.70. The summed E-state index contributed by atoms with van der Waals surface area (Å²) in [6, 6.07) is 12.6. The van der Waals surface area contributed by atoms with Crippen LogP contribution >= 0.6 is 0 Å². The van der Waals surface area contributed by atoms with Gasteiger partial charge in [-0.1, -0.05) is 30.3 Å². The van der Waals surface area contributed by atoms with Gasteiger partial charge in [-0.05, 0) is 56.5 Å². The molecule has 1 aliphatic rings. The van der Waals surface area contributed by atoms with E-state index in [1.807, 2.05) is 31.7 Å². The molecule has 4 nitrogen and oxygen atoms in total. The maximum atomic E-state index is 12.2. The highest BCUT2D eigenvalue weighted by Gasteiger charge is 2.28. The van der Waals surface area contributed by atoms with E-state index in [0.717, 1.165) is 37.1 Å². The third-order valence-corrected chi connectivity index (χ3v) is 4.72. The number of hydrogen-bond acceptors (Lipinski definition) is 3. The van der Waals surface area contributed by atoms with E-state index in [1.165, 1.54) is 10.9 Å². The van der Waals surface area contributed by atoms with E-state index in [4.69, 9.17) is 9.47 Å². The lowest BCUT2D eigenvalue weighted by atomic mass is 9.86. The number of methoxy groups -OCH3 is 1. The summed E-state index contributed by atoms with van der Waals surface area (Å²) in [5.74, 6) is 1.36. The molecular formula is C21H27NO3. The van der Waals surface area contributed by atoms with E-state index in [-0.39, 0.29) is 6.09 Å². The smallest absolute Gasteiger partial charge is 0.410 e. The molecule has 2 aromatic carbocycles. The second-order valence-electron chi connectivity index (χ2n) is 7.64. The highest BCUT2D eigenvalue weighted by atomic mass is 16.6. The van der Waals surface area contributed by atoms with Crippen molar-refractivity contribution in [1.29, 1.82) is 0 Å². The van der Waals surface area contributed by atoms with Crippen molar-refractivity contribution < 1.29 is 14.3 Å². The van der Waals surface area contributed by atoms with Gasteiger partial charge in [-0.3, -0.25) is 0 Å². The van der Waals surface area contributed by atoms with Crippen LogP contribution in [0, 0.1) is 0 Å². The first kappa shape index (κ1) is 17.6. The van der Waals surface area contributed by atoms with E-state index in [1.54, 1.807) is 7.11 Å². The highest BCUT2D eigenvalue weighted by Crippen LogP contribution is 2.36. The Hall–Kier alpha value is -2.23. The van der Waals surface area contributed by atoms with Gasteiger partial charge in [0.2, 0.25) is 0 Å². The summed E-state index contributed by atoms with van der Waals surface area (Å²) in [5, 5.41) is 2.40. The van der Waals surface area contributed by atoms with Crippen LogP contribution in [0.15, 0.2) is 36.4 Å². The number of ether oxygens (including phenoxy) is 2. The Morgan fingerprint density at radius 2 is 1.68 bits per heavy atom. The molecule has 0 N–H and O–H groups in total. The van der Waals surface area contributed by atoms with E-state index < -0.39 is 5.60 Å². The molecule has 0 atom stereocenters. The maximum Gasteiger partial charge on any atom is 0.410 e. The number of hydrogen-bond donors (Lipinski definition) is 0. The van der Waals surface area contributed by atoms with Crippen molar-refractivity contribution in [1.82, 2.24) is 4.90 Å². The van der Waals surface area contributed by atoms with E-state index in [0.29, 0.717) is 5.92 Å². The molecule has 0 radical (unpaired) electrons. The van der Waals surface area contributed by atoms with Gasteiger partial charge in [-0.2, -0.15) is 0 Å². The molecule has 25 heavy (non-hydrogen) atoms. The summed E-state index contributed by atoms with van der Waals surface area (Å²) < 4.78 is 11.0. The fourth-order valence-corrected chi connectivity index (χ4v) is 3.53. The molecule has 1 aliphatic heterocycles. The summed E-state index contributed by atoms with van der Waals surface area (Å²) in [5.41, 5.74) is 0.903. The number of fused-ring (bicyclic) bond motifs is 1. The topological polar surface area (TPSA) is 38.8 Å². The van der Waals surface area contributed by atoms with Crippen molar-refractivity contribution in [2.45, 2.75) is 45.1 Å². The van der Waals surface area contributed by atoms with Crippen molar-refractivity contribution in [2.75, 3.05) is 20.2 Å². The zero-order valence-electron chi connectivity index (χ0n) is 15.5. The van der Waals surface area contributed by atoms with Gasteiger partial charge < -0.3 is 14.4 Å². The quantitative estimate of drug-likeness (QED) is 0.775. The Morgan fingerprint density at radius 3 is 2.28 bits per heavy atom.